The fraction of sp³-hybridized carbons (Fsp3) is 0.429. The molecule has 1 aliphatic heterocycles. The zero-order valence-electron chi connectivity index (χ0n) is 11.4. The van der Waals surface area contributed by atoms with Crippen molar-refractivity contribution in [1.29, 1.82) is 0 Å². The third-order valence-electron chi connectivity index (χ3n) is 3.69. The number of nitrogens with two attached hydrogens (primary N) is 1. The van der Waals surface area contributed by atoms with Crippen LogP contribution in [0.2, 0.25) is 0 Å². The van der Waals surface area contributed by atoms with Crippen LogP contribution in [0.3, 0.4) is 0 Å². The summed E-state index contributed by atoms with van der Waals surface area (Å²) in [5, 5.41) is 4.27. The number of fused-ring (bicyclic) bond motifs is 1. The first-order chi connectivity index (χ1) is 9.16. The second-order valence-corrected chi connectivity index (χ2v) is 5.20. The molecule has 0 saturated carbocycles. The van der Waals surface area contributed by atoms with Crippen molar-refractivity contribution in [2.75, 3.05) is 24.7 Å². The number of anilines is 2. The molecule has 0 amide bonds. The lowest BCUT2D eigenvalue weighted by molar-refractivity contribution is 0.446. The average molecular weight is 257 g/mol. The Hall–Kier alpha value is -2.04. The quantitative estimate of drug-likeness (QED) is 0.892. The molecule has 2 N–H and O–H groups in total. The van der Waals surface area contributed by atoms with Crippen LogP contribution in [0.1, 0.15) is 30.1 Å². The van der Waals surface area contributed by atoms with Gasteiger partial charge in [-0.2, -0.15) is 4.98 Å². The molecular formula is C14H19N5. The van der Waals surface area contributed by atoms with Gasteiger partial charge in [-0.05, 0) is 24.5 Å². The third kappa shape index (κ3) is 2.05. The van der Waals surface area contributed by atoms with Crippen LogP contribution >= 0.6 is 0 Å². The van der Waals surface area contributed by atoms with Crippen LogP contribution < -0.4 is 10.6 Å². The van der Waals surface area contributed by atoms with E-state index in [1.54, 1.807) is 0 Å². The molecule has 1 unspecified atom stereocenters. The van der Waals surface area contributed by atoms with E-state index < -0.39 is 0 Å². The van der Waals surface area contributed by atoms with E-state index in [9.17, 15) is 0 Å². The van der Waals surface area contributed by atoms with Crippen LogP contribution in [-0.2, 0) is 6.54 Å². The maximum Gasteiger partial charge on any atom is 0.239 e. The van der Waals surface area contributed by atoms with E-state index in [1.807, 2.05) is 4.68 Å². The smallest absolute Gasteiger partial charge is 0.239 e. The van der Waals surface area contributed by atoms with Gasteiger partial charge in [0.2, 0.25) is 5.95 Å². The molecule has 0 spiro atoms. The number of benzene rings is 1. The van der Waals surface area contributed by atoms with Crippen LogP contribution in [0.4, 0.5) is 11.6 Å². The van der Waals surface area contributed by atoms with Gasteiger partial charge in [0.15, 0.2) is 0 Å². The van der Waals surface area contributed by atoms with Crippen LogP contribution in [0.25, 0.3) is 0 Å². The fourth-order valence-electron chi connectivity index (χ4n) is 2.85. The number of aryl methyl sites for hydroxylation is 1. The predicted octanol–water partition coefficient (Wildman–Crippen LogP) is 1.85. The molecule has 5 nitrogen and oxygen atoms in total. The van der Waals surface area contributed by atoms with Gasteiger partial charge >= 0.3 is 0 Å². The highest BCUT2D eigenvalue weighted by Gasteiger charge is 2.27. The second-order valence-electron chi connectivity index (χ2n) is 5.20. The van der Waals surface area contributed by atoms with Crippen LogP contribution in [0.15, 0.2) is 24.3 Å². The van der Waals surface area contributed by atoms with Gasteiger partial charge in [0.05, 0.1) is 0 Å². The molecule has 5 heteroatoms. The van der Waals surface area contributed by atoms with Gasteiger partial charge in [0, 0.05) is 32.2 Å². The normalized spacial score (nSPS) is 18.1. The average Bonchev–Trinajstić information content (AvgIpc) is 2.78. The first-order valence-electron chi connectivity index (χ1n) is 6.63. The molecule has 0 saturated heterocycles. The summed E-state index contributed by atoms with van der Waals surface area (Å²) in [6.07, 6.45) is 2.21. The van der Waals surface area contributed by atoms with E-state index in [2.05, 4.69) is 53.3 Å². The van der Waals surface area contributed by atoms with Crippen molar-refractivity contribution in [3.8, 4) is 0 Å². The molecule has 0 aliphatic carbocycles. The molecule has 2 aromatic rings. The van der Waals surface area contributed by atoms with Gasteiger partial charge in [-0.15, -0.1) is 5.10 Å². The summed E-state index contributed by atoms with van der Waals surface area (Å²) in [4.78, 5) is 6.57. The maximum absolute atomic E-state index is 5.74. The van der Waals surface area contributed by atoms with E-state index in [0.29, 0.717) is 5.95 Å². The van der Waals surface area contributed by atoms with Gasteiger partial charge in [-0.25, -0.2) is 4.68 Å². The summed E-state index contributed by atoms with van der Waals surface area (Å²) in [5.41, 5.74) is 8.29. The molecule has 3 rings (SSSR count). The first kappa shape index (κ1) is 12.0. The zero-order valence-corrected chi connectivity index (χ0v) is 11.4. The van der Waals surface area contributed by atoms with Crippen molar-refractivity contribution >= 4 is 11.6 Å². The minimum Gasteiger partial charge on any atom is -0.377 e. The van der Waals surface area contributed by atoms with Crippen molar-refractivity contribution < 1.29 is 0 Å². The lowest BCUT2D eigenvalue weighted by Crippen LogP contribution is -2.20. The molecule has 100 valence electrons. The van der Waals surface area contributed by atoms with Crippen molar-refractivity contribution in [2.24, 2.45) is 0 Å². The number of rotatable bonds is 2. The third-order valence-corrected chi connectivity index (χ3v) is 3.69. The number of hydrogen-bond donors (Lipinski definition) is 1. The molecule has 2 heterocycles. The maximum atomic E-state index is 5.74. The van der Waals surface area contributed by atoms with E-state index in [0.717, 1.165) is 25.2 Å². The van der Waals surface area contributed by atoms with Gasteiger partial charge < -0.3 is 10.6 Å². The lowest BCUT2D eigenvalue weighted by atomic mass is 9.89. The topological polar surface area (TPSA) is 60.0 Å². The molecule has 1 aliphatic rings. The zero-order chi connectivity index (χ0) is 13.4. The molecular weight excluding hydrogens is 238 g/mol. The highest BCUT2D eigenvalue weighted by Crippen LogP contribution is 2.36. The Morgan fingerprint density at radius 3 is 2.89 bits per heavy atom. The van der Waals surface area contributed by atoms with E-state index >= 15 is 0 Å². The van der Waals surface area contributed by atoms with Gasteiger partial charge in [0.1, 0.15) is 5.82 Å². The Morgan fingerprint density at radius 1 is 1.32 bits per heavy atom. The first-order valence-corrected chi connectivity index (χ1v) is 6.63. The largest absolute Gasteiger partial charge is 0.377 e. The fourth-order valence-corrected chi connectivity index (χ4v) is 2.85. The van der Waals surface area contributed by atoms with Crippen LogP contribution in [0, 0.1) is 0 Å². The molecule has 19 heavy (non-hydrogen) atoms. The Morgan fingerprint density at radius 2 is 2.11 bits per heavy atom. The Kier molecular flexibility index (Phi) is 2.89. The van der Waals surface area contributed by atoms with Crippen molar-refractivity contribution in [3.63, 3.8) is 0 Å². The molecule has 0 bridgehead atoms. The summed E-state index contributed by atoms with van der Waals surface area (Å²) >= 11 is 0. The highest BCUT2D eigenvalue weighted by atomic mass is 15.4. The lowest BCUT2D eigenvalue weighted by Gasteiger charge is -2.26. The summed E-state index contributed by atoms with van der Waals surface area (Å²) in [6, 6.07) is 8.48. The van der Waals surface area contributed by atoms with Crippen LogP contribution in [0.5, 0.6) is 0 Å². The monoisotopic (exact) mass is 257 g/mol. The van der Waals surface area contributed by atoms with Gasteiger partial charge in [0.25, 0.3) is 0 Å². The number of aromatic nitrogens is 3. The minimum absolute atomic E-state index is 0.289. The standard InChI is InChI=1S/C14H19N5/c1-18(2)12-8-4-3-6-10(12)11-7-5-9-19-13(11)16-14(15)17-19/h3-4,6,8,11H,5,7,9H2,1-2H3,(H2,15,17). The van der Waals surface area contributed by atoms with Crippen LogP contribution in [-0.4, -0.2) is 28.9 Å². The van der Waals surface area contributed by atoms with Crippen molar-refractivity contribution in [3.05, 3.63) is 35.7 Å². The van der Waals surface area contributed by atoms with E-state index in [4.69, 9.17) is 5.73 Å². The number of hydrogen-bond acceptors (Lipinski definition) is 4. The molecule has 0 radical (unpaired) electrons. The van der Waals surface area contributed by atoms with E-state index in [-0.39, 0.29) is 5.92 Å². The van der Waals surface area contributed by atoms with Crippen molar-refractivity contribution in [2.45, 2.75) is 25.3 Å². The van der Waals surface area contributed by atoms with Gasteiger partial charge in [-0.1, -0.05) is 18.2 Å². The minimum atomic E-state index is 0.289. The summed E-state index contributed by atoms with van der Waals surface area (Å²) in [6.45, 7) is 0.917. The molecule has 0 fully saturated rings. The summed E-state index contributed by atoms with van der Waals surface area (Å²) in [5.74, 6) is 1.67. The predicted molar refractivity (Wildman–Crippen MR) is 76.3 cm³/mol. The molecule has 1 aromatic heterocycles. The summed E-state index contributed by atoms with van der Waals surface area (Å²) in [7, 11) is 4.14. The number of nitrogens with zero attached hydrogens (tertiary/aromatic N) is 4. The Balaban J connectivity index is 2.09. The second kappa shape index (κ2) is 4.57. The van der Waals surface area contributed by atoms with E-state index in [1.165, 1.54) is 11.3 Å². The van der Waals surface area contributed by atoms with Crippen molar-refractivity contribution in [1.82, 2.24) is 14.8 Å². The molecule has 1 aromatic carbocycles. The number of para-hydroxylation sites is 1. The van der Waals surface area contributed by atoms with Gasteiger partial charge in [-0.3, -0.25) is 0 Å². The number of nitrogen functional groups attached to an aromatic ring is 1. The Labute approximate surface area is 113 Å². The summed E-state index contributed by atoms with van der Waals surface area (Å²) < 4.78 is 1.95. The molecule has 1 atom stereocenters. The highest BCUT2D eigenvalue weighted by molar-refractivity contribution is 5.55. The Bertz CT molecular complexity index is 587. The SMILES string of the molecule is CN(C)c1ccccc1C1CCCn2nc(N)nc21.